The zero-order valence-electron chi connectivity index (χ0n) is 11.0. The maximum atomic E-state index is 6.09. The van der Waals surface area contributed by atoms with E-state index in [9.17, 15) is 0 Å². The number of aryl methyl sites for hydroxylation is 1. The van der Waals surface area contributed by atoms with Crippen LogP contribution in [0.25, 0.3) is 0 Å². The van der Waals surface area contributed by atoms with Crippen LogP contribution in [0.5, 0.6) is 0 Å². The van der Waals surface area contributed by atoms with Gasteiger partial charge < -0.3 is 15.2 Å². The third kappa shape index (κ3) is 2.52. The third-order valence-corrected chi connectivity index (χ3v) is 4.69. The Morgan fingerprint density at radius 3 is 2.84 bits per heavy atom. The molecule has 1 saturated heterocycles. The second-order valence-corrected chi connectivity index (χ2v) is 5.93. The first-order chi connectivity index (χ1) is 9.23. The molecule has 0 unspecified atom stereocenters. The van der Waals surface area contributed by atoms with Crippen molar-refractivity contribution in [2.45, 2.75) is 37.4 Å². The molecule has 1 aromatic carbocycles. The monoisotopic (exact) mass is 281 g/mol. The SMILES string of the molecule is NC[C@@]1(CCC2OCCO2)CCc2cc(Cl)ccc21. The average molecular weight is 282 g/mol. The molecule has 1 atom stereocenters. The van der Waals surface area contributed by atoms with E-state index in [-0.39, 0.29) is 11.7 Å². The largest absolute Gasteiger partial charge is 0.350 e. The molecule has 1 fully saturated rings. The van der Waals surface area contributed by atoms with E-state index in [1.54, 1.807) is 0 Å². The number of halogens is 1. The molecule has 1 aromatic rings. The second-order valence-electron chi connectivity index (χ2n) is 5.50. The summed E-state index contributed by atoms with van der Waals surface area (Å²) in [7, 11) is 0. The van der Waals surface area contributed by atoms with Gasteiger partial charge in [0, 0.05) is 17.0 Å². The Kier molecular flexibility index (Phi) is 3.81. The van der Waals surface area contributed by atoms with Gasteiger partial charge in [0.2, 0.25) is 0 Å². The number of benzene rings is 1. The molecule has 104 valence electrons. The lowest BCUT2D eigenvalue weighted by molar-refractivity contribution is -0.0511. The van der Waals surface area contributed by atoms with E-state index in [0.29, 0.717) is 19.8 Å². The average Bonchev–Trinajstić information content (AvgIpc) is 3.04. The van der Waals surface area contributed by atoms with Gasteiger partial charge in [-0.05, 0) is 48.9 Å². The molecule has 2 N–H and O–H groups in total. The van der Waals surface area contributed by atoms with Crippen molar-refractivity contribution in [3.63, 3.8) is 0 Å². The van der Waals surface area contributed by atoms with E-state index in [0.717, 1.165) is 30.7 Å². The van der Waals surface area contributed by atoms with Crippen molar-refractivity contribution >= 4 is 11.6 Å². The Hall–Kier alpha value is -0.610. The molecule has 19 heavy (non-hydrogen) atoms. The Morgan fingerprint density at radius 2 is 2.11 bits per heavy atom. The van der Waals surface area contributed by atoms with Crippen LogP contribution in [0.15, 0.2) is 18.2 Å². The Bertz CT molecular complexity index is 459. The summed E-state index contributed by atoms with van der Waals surface area (Å²) in [5.41, 5.74) is 8.90. The van der Waals surface area contributed by atoms with Gasteiger partial charge in [0.25, 0.3) is 0 Å². The molecule has 3 rings (SSSR count). The maximum Gasteiger partial charge on any atom is 0.157 e. The van der Waals surface area contributed by atoms with Crippen LogP contribution in [0, 0.1) is 0 Å². The van der Waals surface area contributed by atoms with Gasteiger partial charge in [-0.1, -0.05) is 17.7 Å². The fourth-order valence-corrected chi connectivity index (χ4v) is 3.53. The van der Waals surface area contributed by atoms with Gasteiger partial charge in [0.1, 0.15) is 0 Å². The molecule has 2 aliphatic rings. The van der Waals surface area contributed by atoms with E-state index in [4.69, 9.17) is 26.8 Å². The van der Waals surface area contributed by atoms with Gasteiger partial charge >= 0.3 is 0 Å². The van der Waals surface area contributed by atoms with E-state index < -0.39 is 0 Å². The van der Waals surface area contributed by atoms with Crippen molar-refractivity contribution < 1.29 is 9.47 Å². The molecule has 3 nitrogen and oxygen atoms in total. The van der Waals surface area contributed by atoms with Crippen LogP contribution in [0.3, 0.4) is 0 Å². The molecule has 4 heteroatoms. The van der Waals surface area contributed by atoms with E-state index in [1.165, 1.54) is 11.1 Å². The highest BCUT2D eigenvalue weighted by Gasteiger charge is 2.38. The van der Waals surface area contributed by atoms with E-state index >= 15 is 0 Å². The highest BCUT2D eigenvalue weighted by molar-refractivity contribution is 6.30. The minimum Gasteiger partial charge on any atom is -0.350 e. The number of ether oxygens (including phenoxy) is 2. The summed E-state index contributed by atoms with van der Waals surface area (Å²) in [4.78, 5) is 0. The van der Waals surface area contributed by atoms with Crippen LogP contribution >= 0.6 is 11.6 Å². The Balaban J connectivity index is 1.77. The molecule has 0 saturated carbocycles. The summed E-state index contributed by atoms with van der Waals surface area (Å²) >= 11 is 6.07. The van der Waals surface area contributed by atoms with Crippen LogP contribution < -0.4 is 5.73 Å². The van der Waals surface area contributed by atoms with Crippen LogP contribution in [0.4, 0.5) is 0 Å². The van der Waals surface area contributed by atoms with Gasteiger partial charge in [-0.25, -0.2) is 0 Å². The molecular formula is C15H20ClNO2. The molecule has 1 aliphatic carbocycles. The number of rotatable bonds is 4. The third-order valence-electron chi connectivity index (χ3n) is 4.45. The molecular weight excluding hydrogens is 262 g/mol. The van der Waals surface area contributed by atoms with E-state index in [2.05, 4.69) is 12.1 Å². The number of hydrogen-bond acceptors (Lipinski definition) is 3. The molecule has 0 spiro atoms. The molecule has 0 aromatic heterocycles. The first-order valence-corrected chi connectivity index (χ1v) is 7.33. The number of nitrogens with two attached hydrogens (primary N) is 1. The standard InChI is InChI=1S/C15H20ClNO2/c16-12-1-2-13-11(9-12)3-5-15(13,10-17)6-4-14-18-7-8-19-14/h1-2,9,14H,3-8,10,17H2/t15-/m0/s1. The van der Waals surface area contributed by atoms with Crippen molar-refractivity contribution in [2.24, 2.45) is 5.73 Å². The van der Waals surface area contributed by atoms with Gasteiger partial charge in [-0.2, -0.15) is 0 Å². The first-order valence-electron chi connectivity index (χ1n) is 6.96. The second kappa shape index (κ2) is 5.41. The summed E-state index contributed by atoms with van der Waals surface area (Å²) in [5.74, 6) is 0. The number of hydrogen-bond donors (Lipinski definition) is 1. The normalized spacial score (nSPS) is 26.8. The fourth-order valence-electron chi connectivity index (χ4n) is 3.34. The molecule has 0 bridgehead atoms. The van der Waals surface area contributed by atoms with Crippen LogP contribution in [-0.4, -0.2) is 26.0 Å². The van der Waals surface area contributed by atoms with Crippen molar-refractivity contribution in [2.75, 3.05) is 19.8 Å². The zero-order chi connectivity index (χ0) is 13.3. The Morgan fingerprint density at radius 1 is 1.32 bits per heavy atom. The van der Waals surface area contributed by atoms with Gasteiger partial charge in [-0.15, -0.1) is 0 Å². The van der Waals surface area contributed by atoms with Crippen LogP contribution in [0.2, 0.25) is 5.02 Å². The minimum atomic E-state index is -0.0419. The summed E-state index contributed by atoms with van der Waals surface area (Å²) in [6.45, 7) is 2.10. The highest BCUT2D eigenvalue weighted by Crippen LogP contribution is 2.43. The van der Waals surface area contributed by atoms with Crippen molar-refractivity contribution in [1.82, 2.24) is 0 Å². The van der Waals surface area contributed by atoms with Gasteiger partial charge in [0.05, 0.1) is 13.2 Å². The summed E-state index contributed by atoms with van der Waals surface area (Å²) in [6.07, 6.45) is 4.06. The number of fused-ring (bicyclic) bond motifs is 1. The van der Waals surface area contributed by atoms with Crippen molar-refractivity contribution in [3.8, 4) is 0 Å². The lowest BCUT2D eigenvalue weighted by atomic mass is 9.78. The molecule has 1 aliphatic heterocycles. The maximum absolute atomic E-state index is 6.09. The van der Waals surface area contributed by atoms with Crippen LogP contribution in [-0.2, 0) is 21.3 Å². The zero-order valence-corrected chi connectivity index (χ0v) is 11.8. The minimum absolute atomic E-state index is 0.0419. The predicted octanol–water partition coefficient (Wildman–Crippen LogP) is 2.64. The predicted molar refractivity (Wildman–Crippen MR) is 75.4 cm³/mol. The van der Waals surface area contributed by atoms with Gasteiger partial charge in [0.15, 0.2) is 6.29 Å². The fraction of sp³-hybridized carbons (Fsp3) is 0.600. The van der Waals surface area contributed by atoms with E-state index in [1.807, 2.05) is 6.07 Å². The summed E-state index contributed by atoms with van der Waals surface area (Å²) < 4.78 is 11.1. The lowest BCUT2D eigenvalue weighted by Crippen LogP contribution is -2.34. The van der Waals surface area contributed by atoms with Crippen molar-refractivity contribution in [1.29, 1.82) is 0 Å². The molecule has 0 amide bonds. The topological polar surface area (TPSA) is 44.5 Å². The Labute approximate surface area is 119 Å². The molecule has 0 radical (unpaired) electrons. The highest BCUT2D eigenvalue weighted by atomic mass is 35.5. The quantitative estimate of drug-likeness (QED) is 0.923. The molecule has 1 heterocycles. The summed E-state index contributed by atoms with van der Waals surface area (Å²) in [6, 6.07) is 6.20. The smallest absolute Gasteiger partial charge is 0.157 e. The lowest BCUT2D eigenvalue weighted by Gasteiger charge is -2.30. The summed E-state index contributed by atoms with van der Waals surface area (Å²) in [5, 5.41) is 0.814. The van der Waals surface area contributed by atoms with Crippen LogP contribution in [0.1, 0.15) is 30.4 Å². The first kappa shape index (κ1) is 13.4. The van der Waals surface area contributed by atoms with Crippen molar-refractivity contribution in [3.05, 3.63) is 34.3 Å². The van der Waals surface area contributed by atoms with Gasteiger partial charge in [-0.3, -0.25) is 0 Å².